The predicted molar refractivity (Wildman–Crippen MR) is 64.6 cm³/mol. The average Bonchev–Trinajstić information content (AvgIpc) is 2.90. The van der Waals surface area contributed by atoms with Gasteiger partial charge in [-0.15, -0.1) is 0 Å². The third-order valence-electron chi connectivity index (χ3n) is 2.53. The number of nitrogens with one attached hydrogen (secondary N) is 1. The number of alkyl halides is 2. The summed E-state index contributed by atoms with van der Waals surface area (Å²) in [6.45, 7) is 0. The molecule has 6 nitrogen and oxygen atoms in total. The smallest absolute Gasteiger partial charge is 0.364 e. The summed E-state index contributed by atoms with van der Waals surface area (Å²) < 4.78 is 52.0. The number of H-pyrrole nitrogens is 1. The van der Waals surface area contributed by atoms with Gasteiger partial charge in [-0.25, -0.2) is 8.42 Å². The van der Waals surface area contributed by atoms with Gasteiger partial charge in [0.15, 0.2) is 0 Å². The molecule has 0 radical (unpaired) electrons. The Morgan fingerprint density at radius 1 is 1.25 bits per heavy atom. The maximum absolute atomic E-state index is 14.1. The quantitative estimate of drug-likeness (QED) is 0.879. The number of nitrogens with two attached hydrogens (primary N) is 1. The second-order valence-corrected chi connectivity index (χ2v) is 5.86. The molecule has 0 atom stereocenters. The Morgan fingerprint density at radius 2 is 1.85 bits per heavy atom. The van der Waals surface area contributed by atoms with Crippen LogP contribution in [0.4, 0.5) is 8.78 Å². The number of rotatable bonds is 4. The van der Waals surface area contributed by atoms with Crippen molar-refractivity contribution >= 4 is 15.7 Å². The summed E-state index contributed by atoms with van der Waals surface area (Å²) in [5.74, 6) is -1.04. The van der Waals surface area contributed by atoms with E-state index in [1.165, 1.54) is 18.2 Å². The molecular weight excluding hydrogens is 292 g/mol. The van der Waals surface area contributed by atoms with Crippen LogP contribution in [0, 0.1) is 0 Å². The van der Waals surface area contributed by atoms with E-state index in [0.29, 0.717) is 6.07 Å². The van der Waals surface area contributed by atoms with Crippen LogP contribution >= 0.6 is 0 Å². The van der Waals surface area contributed by atoms with Crippen molar-refractivity contribution < 1.29 is 22.0 Å². The molecule has 1 aromatic carbocycles. The molecule has 0 bridgehead atoms. The minimum atomic E-state index is -4.96. The third kappa shape index (κ3) is 2.16. The van der Waals surface area contributed by atoms with E-state index in [1.54, 1.807) is 0 Å². The molecule has 1 heterocycles. The first-order valence-corrected chi connectivity index (χ1v) is 6.78. The summed E-state index contributed by atoms with van der Waals surface area (Å²) in [6.07, 6.45) is 0. The van der Waals surface area contributed by atoms with Crippen molar-refractivity contribution in [3.8, 4) is 0 Å². The highest BCUT2D eigenvalue weighted by Gasteiger charge is 2.49. The third-order valence-corrected chi connectivity index (χ3v) is 4.32. The first-order valence-electron chi connectivity index (χ1n) is 5.30. The van der Waals surface area contributed by atoms with E-state index in [2.05, 4.69) is 5.10 Å². The van der Waals surface area contributed by atoms with E-state index < -0.39 is 37.3 Å². The van der Waals surface area contributed by atoms with Gasteiger partial charge in [0.2, 0.25) is 9.84 Å². The zero-order chi connectivity index (χ0) is 15.0. The number of amides is 1. The number of sulfone groups is 1. The highest BCUT2D eigenvalue weighted by molar-refractivity contribution is 7.92. The number of aromatic amines is 1. The minimum Gasteiger partial charge on any atom is -0.364 e. The summed E-state index contributed by atoms with van der Waals surface area (Å²) in [7, 11) is -4.96. The predicted octanol–water partition coefficient (Wildman–Crippen LogP) is 1.03. The lowest BCUT2D eigenvalue weighted by Crippen LogP contribution is -2.27. The Labute approximate surface area is 112 Å². The Balaban J connectivity index is 2.51. The zero-order valence-electron chi connectivity index (χ0n) is 9.88. The number of hydrogen-bond donors (Lipinski definition) is 2. The molecule has 0 unspecified atom stereocenters. The molecule has 20 heavy (non-hydrogen) atoms. The van der Waals surface area contributed by atoms with Crippen LogP contribution in [0.1, 0.15) is 16.2 Å². The van der Waals surface area contributed by atoms with Crippen molar-refractivity contribution in [2.45, 2.75) is 10.2 Å². The average molecular weight is 301 g/mol. The van der Waals surface area contributed by atoms with Crippen LogP contribution in [0.5, 0.6) is 0 Å². The van der Waals surface area contributed by atoms with Gasteiger partial charge in [-0.05, 0) is 18.2 Å². The van der Waals surface area contributed by atoms with E-state index in [-0.39, 0.29) is 0 Å². The molecule has 9 heteroatoms. The van der Waals surface area contributed by atoms with Gasteiger partial charge in [0.1, 0.15) is 11.4 Å². The summed E-state index contributed by atoms with van der Waals surface area (Å²) in [5, 5.41) is 0.814. The molecule has 0 fully saturated rings. The highest BCUT2D eigenvalue weighted by atomic mass is 32.2. The van der Waals surface area contributed by atoms with Crippen molar-refractivity contribution in [3.63, 3.8) is 0 Å². The van der Waals surface area contributed by atoms with Crippen LogP contribution in [-0.2, 0) is 15.1 Å². The van der Waals surface area contributed by atoms with Gasteiger partial charge in [-0.1, -0.05) is 18.2 Å². The maximum Gasteiger partial charge on any atom is 0.390 e. The monoisotopic (exact) mass is 301 g/mol. The van der Waals surface area contributed by atoms with Crippen molar-refractivity contribution in [3.05, 3.63) is 47.8 Å². The van der Waals surface area contributed by atoms with Gasteiger partial charge in [-0.3, -0.25) is 9.89 Å². The van der Waals surface area contributed by atoms with E-state index in [4.69, 9.17) is 5.73 Å². The Kier molecular flexibility index (Phi) is 3.30. The molecule has 0 aliphatic rings. The first kappa shape index (κ1) is 14.1. The highest BCUT2D eigenvalue weighted by Crippen LogP contribution is 2.37. The second-order valence-electron chi connectivity index (χ2n) is 3.86. The van der Waals surface area contributed by atoms with Crippen LogP contribution < -0.4 is 5.73 Å². The normalized spacial score (nSPS) is 12.3. The van der Waals surface area contributed by atoms with Crippen molar-refractivity contribution in [1.29, 1.82) is 0 Å². The van der Waals surface area contributed by atoms with E-state index in [9.17, 15) is 22.0 Å². The largest absolute Gasteiger partial charge is 0.390 e. The lowest BCUT2D eigenvalue weighted by Gasteiger charge is -2.15. The number of benzene rings is 1. The molecule has 0 aliphatic carbocycles. The molecule has 0 saturated carbocycles. The van der Waals surface area contributed by atoms with Crippen LogP contribution in [0.3, 0.4) is 0 Å². The molecule has 0 spiro atoms. The fraction of sp³-hybridized carbons (Fsp3) is 0.0909. The van der Waals surface area contributed by atoms with E-state index in [0.717, 1.165) is 12.1 Å². The van der Waals surface area contributed by atoms with Gasteiger partial charge in [0.25, 0.3) is 5.91 Å². The molecule has 0 aliphatic heterocycles. The standard InChI is InChI=1S/C11H9F2N3O3S/c12-11(13,9-6-8(10(14)17)15-16-9)20(18,19)7-4-2-1-3-5-7/h1-6H,(H2,14,17)(H,15,16). The van der Waals surface area contributed by atoms with Crippen molar-refractivity contribution in [2.24, 2.45) is 5.73 Å². The number of primary amides is 1. The molecule has 2 rings (SSSR count). The lowest BCUT2D eigenvalue weighted by molar-refractivity contribution is 0.0855. The number of nitrogens with zero attached hydrogens (tertiary/aromatic N) is 1. The topological polar surface area (TPSA) is 106 Å². The van der Waals surface area contributed by atoms with Crippen molar-refractivity contribution in [1.82, 2.24) is 10.2 Å². The Hall–Kier alpha value is -2.29. The zero-order valence-corrected chi connectivity index (χ0v) is 10.7. The summed E-state index contributed by atoms with van der Waals surface area (Å²) in [5.41, 5.74) is 3.39. The van der Waals surface area contributed by atoms with Crippen LogP contribution in [0.15, 0.2) is 41.3 Å². The number of halogens is 2. The van der Waals surface area contributed by atoms with Crippen LogP contribution in [0.25, 0.3) is 0 Å². The number of carbonyl (C=O) groups excluding carboxylic acids is 1. The van der Waals surface area contributed by atoms with Gasteiger partial charge in [0.05, 0.1) is 4.90 Å². The Morgan fingerprint density at radius 3 is 2.35 bits per heavy atom. The molecule has 1 amide bonds. The van der Waals surface area contributed by atoms with Crippen molar-refractivity contribution in [2.75, 3.05) is 0 Å². The van der Waals surface area contributed by atoms with Gasteiger partial charge in [0, 0.05) is 0 Å². The summed E-state index contributed by atoms with van der Waals surface area (Å²) in [6, 6.07) is 6.86. The molecule has 3 N–H and O–H groups in total. The van der Waals surface area contributed by atoms with Gasteiger partial charge >= 0.3 is 5.25 Å². The molecular formula is C11H9F2N3O3S. The molecule has 106 valence electrons. The minimum absolute atomic E-state index is 0.470. The van der Waals surface area contributed by atoms with Crippen LogP contribution in [0.2, 0.25) is 0 Å². The fourth-order valence-electron chi connectivity index (χ4n) is 1.49. The maximum atomic E-state index is 14.1. The first-order chi connectivity index (χ1) is 9.26. The van der Waals surface area contributed by atoms with Gasteiger partial charge in [-0.2, -0.15) is 13.9 Å². The van der Waals surface area contributed by atoms with E-state index >= 15 is 0 Å². The molecule has 1 aromatic heterocycles. The van der Waals surface area contributed by atoms with Crippen LogP contribution in [-0.4, -0.2) is 24.5 Å². The number of hydrogen-bond acceptors (Lipinski definition) is 4. The SMILES string of the molecule is NC(=O)c1cc(C(F)(F)S(=O)(=O)c2ccccc2)[nH]n1. The second kappa shape index (κ2) is 4.67. The van der Waals surface area contributed by atoms with E-state index in [1.807, 2.05) is 5.10 Å². The van der Waals surface area contributed by atoms with Gasteiger partial charge < -0.3 is 5.73 Å². The Bertz CT molecular complexity index is 741. The summed E-state index contributed by atoms with van der Waals surface area (Å²) in [4.78, 5) is 10.3. The molecule has 2 aromatic rings. The lowest BCUT2D eigenvalue weighted by atomic mass is 10.3. The number of aromatic nitrogens is 2. The number of carbonyl (C=O) groups is 1. The molecule has 0 saturated heterocycles. The summed E-state index contributed by atoms with van der Waals surface area (Å²) >= 11 is 0. The fourth-order valence-corrected chi connectivity index (χ4v) is 2.70.